The van der Waals surface area contributed by atoms with E-state index >= 15 is 0 Å². The molecule has 0 unspecified atom stereocenters. The Labute approximate surface area is 95.4 Å². The zero-order valence-electron chi connectivity index (χ0n) is 8.67. The van der Waals surface area contributed by atoms with Crippen molar-refractivity contribution < 1.29 is 29.7 Å². The number of aliphatic hydroxyl groups excluding tert-OH is 3. The first-order valence-electron chi connectivity index (χ1n) is 4.69. The molecule has 10 heteroatoms. The Kier molecular flexibility index (Phi) is 4.72. The van der Waals surface area contributed by atoms with Gasteiger partial charge in [0, 0.05) is 0 Å². The normalized spacial score (nSPS) is 33.1. The standard InChI is InChI=1S/C7H13N3O7/c8-7(14)10(9-15)17-4-2-16-3(1-11)5(12)6(4)13/h3-6,11-13H,1-2H2,(H2,8,14)/t3-,4+,5-,6-/m1/s1. The summed E-state index contributed by atoms with van der Waals surface area (Å²) < 4.78 is 4.94. The second kappa shape index (κ2) is 5.84. The van der Waals surface area contributed by atoms with Gasteiger partial charge >= 0.3 is 6.03 Å². The monoisotopic (exact) mass is 251 g/mol. The fraction of sp³-hybridized carbons (Fsp3) is 0.857. The van der Waals surface area contributed by atoms with Gasteiger partial charge < -0.3 is 25.8 Å². The van der Waals surface area contributed by atoms with E-state index < -0.39 is 37.1 Å². The minimum Gasteiger partial charge on any atom is -0.394 e. The average molecular weight is 251 g/mol. The molecule has 5 N–H and O–H groups in total. The first kappa shape index (κ1) is 13.7. The number of nitroso groups, excluding NO2 is 1. The highest BCUT2D eigenvalue weighted by molar-refractivity contribution is 5.70. The van der Waals surface area contributed by atoms with Crippen molar-refractivity contribution in [3.63, 3.8) is 0 Å². The van der Waals surface area contributed by atoms with Gasteiger partial charge in [-0.2, -0.15) is 0 Å². The minimum absolute atomic E-state index is 0.0662. The van der Waals surface area contributed by atoms with Gasteiger partial charge in [0.25, 0.3) is 0 Å². The lowest BCUT2D eigenvalue weighted by Gasteiger charge is -2.36. The maximum absolute atomic E-state index is 10.6. The Morgan fingerprint density at radius 3 is 2.65 bits per heavy atom. The summed E-state index contributed by atoms with van der Waals surface area (Å²) in [6, 6.07) is -1.27. The molecule has 0 radical (unpaired) electrons. The van der Waals surface area contributed by atoms with E-state index in [4.69, 9.17) is 15.6 Å². The zero-order chi connectivity index (χ0) is 13.0. The van der Waals surface area contributed by atoms with Crippen LogP contribution in [0.4, 0.5) is 4.79 Å². The van der Waals surface area contributed by atoms with Gasteiger partial charge in [-0.05, 0) is 5.17 Å². The number of ether oxygens (including phenoxy) is 1. The molecule has 0 aliphatic carbocycles. The Morgan fingerprint density at radius 1 is 1.53 bits per heavy atom. The smallest absolute Gasteiger partial charge is 0.363 e. The van der Waals surface area contributed by atoms with Crippen LogP contribution in [0.2, 0.25) is 0 Å². The van der Waals surface area contributed by atoms with Crippen LogP contribution in [0.3, 0.4) is 0 Å². The van der Waals surface area contributed by atoms with Crippen LogP contribution in [0.1, 0.15) is 0 Å². The maximum atomic E-state index is 10.6. The molecule has 2 amide bonds. The lowest BCUT2D eigenvalue weighted by molar-refractivity contribution is -0.263. The average Bonchev–Trinajstić information content (AvgIpc) is 2.30. The predicted molar refractivity (Wildman–Crippen MR) is 50.9 cm³/mol. The number of hydroxylamine groups is 1. The topological polar surface area (TPSA) is 155 Å². The SMILES string of the molecule is NC(=O)N(N=O)O[C@H]1CO[C@H](CO)[C@@H](O)[C@@H]1O. The van der Waals surface area contributed by atoms with Crippen LogP contribution in [-0.2, 0) is 9.57 Å². The summed E-state index contributed by atoms with van der Waals surface area (Å²) in [6.07, 6.45) is -5.03. The first-order valence-corrected chi connectivity index (χ1v) is 4.69. The zero-order valence-corrected chi connectivity index (χ0v) is 8.67. The maximum Gasteiger partial charge on any atom is 0.363 e. The van der Waals surface area contributed by atoms with Crippen molar-refractivity contribution in [2.75, 3.05) is 13.2 Å². The van der Waals surface area contributed by atoms with E-state index in [1.165, 1.54) is 0 Å². The van der Waals surface area contributed by atoms with Crippen LogP contribution in [-0.4, -0.2) is 64.2 Å². The number of carbonyl (C=O) groups excluding carboxylic acids is 1. The third-order valence-electron chi connectivity index (χ3n) is 2.26. The molecule has 0 aromatic rings. The van der Waals surface area contributed by atoms with Crippen LogP contribution in [0.15, 0.2) is 5.29 Å². The number of carbonyl (C=O) groups is 1. The Hall–Kier alpha value is -1.33. The Balaban J connectivity index is 2.61. The van der Waals surface area contributed by atoms with Crippen molar-refractivity contribution in [3.8, 4) is 0 Å². The van der Waals surface area contributed by atoms with E-state index in [9.17, 15) is 19.9 Å². The molecule has 0 saturated carbocycles. The van der Waals surface area contributed by atoms with Gasteiger partial charge in [0.15, 0.2) is 0 Å². The van der Waals surface area contributed by atoms with E-state index in [1.54, 1.807) is 0 Å². The Morgan fingerprint density at radius 2 is 2.18 bits per heavy atom. The van der Waals surface area contributed by atoms with E-state index in [-0.39, 0.29) is 11.8 Å². The number of rotatable bonds is 4. The molecule has 1 saturated heterocycles. The third kappa shape index (κ3) is 3.08. The number of primary amides is 1. The molecule has 0 spiro atoms. The van der Waals surface area contributed by atoms with Gasteiger partial charge in [0.2, 0.25) is 0 Å². The number of nitrogens with two attached hydrogens (primary N) is 1. The summed E-state index contributed by atoms with van der Waals surface area (Å²) in [7, 11) is 0. The fourth-order valence-corrected chi connectivity index (χ4v) is 1.35. The van der Waals surface area contributed by atoms with Crippen LogP contribution >= 0.6 is 0 Å². The van der Waals surface area contributed by atoms with Crippen LogP contribution in [0.5, 0.6) is 0 Å². The summed E-state index contributed by atoms with van der Waals surface area (Å²) in [5, 5.41) is 29.9. The lowest BCUT2D eigenvalue weighted by Crippen LogP contribution is -2.56. The summed E-state index contributed by atoms with van der Waals surface area (Å²) in [4.78, 5) is 25.4. The molecule has 17 heavy (non-hydrogen) atoms. The second-order valence-electron chi connectivity index (χ2n) is 3.37. The molecule has 0 bridgehead atoms. The number of hydrogen-bond donors (Lipinski definition) is 4. The van der Waals surface area contributed by atoms with Crippen LogP contribution < -0.4 is 5.73 Å². The highest BCUT2D eigenvalue weighted by Crippen LogP contribution is 2.18. The molecule has 0 aromatic heterocycles. The molecule has 1 aliphatic rings. The number of aliphatic hydroxyl groups is 3. The summed E-state index contributed by atoms with van der Waals surface area (Å²) in [5.41, 5.74) is 4.74. The van der Waals surface area contributed by atoms with E-state index in [2.05, 4.69) is 10.1 Å². The summed E-state index contributed by atoms with van der Waals surface area (Å²) in [5.74, 6) is 0. The fourth-order valence-electron chi connectivity index (χ4n) is 1.35. The number of hydrogen-bond acceptors (Lipinski definition) is 8. The molecule has 1 aliphatic heterocycles. The van der Waals surface area contributed by atoms with E-state index in [0.717, 1.165) is 0 Å². The highest BCUT2D eigenvalue weighted by Gasteiger charge is 2.40. The van der Waals surface area contributed by atoms with Crippen molar-refractivity contribution in [1.82, 2.24) is 5.17 Å². The number of urea groups is 1. The quantitative estimate of drug-likeness (QED) is 0.317. The van der Waals surface area contributed by atoms with Crippen molar-refractivity contribution in [3.05, 3.63) is 4.91 Å². The molecular weight excluding hydrogens is 238 g/mol. The van der Waals surface area contributed by atoms with Crippen LogP contribution in [0, 0.1) is 4.91 Å². The lowest BCUT2D eigenvalue weighted by atomic mass is 10.0. The Bertz CT molecular complexity index is 289. The summed E-state index contributed by atoms with van der Waals surface area (Å²) in [6.45, 7) is -0.737. The molecule has 1 fully saturated rings. The molecule has 10 nitrogen and oxygen atoms in total. The largest absolute Gasteiger partial charge is 0.394 e. The van der Waals surface area contributed by atoms with Crippen molar-refractivity contribution in [1.29, 1.82) is 0 Å². The van der Waals surface area contributed by atoms with Gasteiger partial charge in [-0.25, -0.2) is 9.63 Å². The van der Waals surface area contributed by atoms with Gasteiger partial charge in [-0.15, -0.1) is 4.91 Å². The second-order valence-corrected chi connectivity index (χ2v) is 3.37. The van der Waals surface area contributed by atoms with Gasteiger partial charge in [-0.1, -0.05) is 0 Å². The van der Waals surface area contributed by atoms with Crippen molar-refractivity contribution in [2.24, 2.45) is 11.0 Å². The number of nitrogens with zero attached hydrogens (tertiary/aromatic N) is 2. The molecular formula is C7H13N3O7. The van der Waals surface area contributed by atoms with Crippen LogP contribution in [0.25, 0.3) is 0 Å². The molecule has 98 valence electrons. The van der Waals surface area contributed by atoms with Gasteiger partial charge in [0.1, 0.15) is 24.4 Å². The highest BCUT2D eigenvalue weighted by atomic mass is 16.8. The minimum atomic E-state index is -1.45. The van der Waals surface area contributed by atoms with Crippen molar-refractivity contribution >= 4 is 6.03 Å². The third-order valence-corrected chi connectivity index (χ3v) is 2.26. The molecule has 1 rings (SSSR count). The van der Waals surface area contributed by atoms with E-state index in [0.29, 0.717) is 0 Å². The number of amides is 2. The predicted octanol–water partition coefficient (Wildman–Crippen LogP) is -2.54. The first-order chi connectivity index (χ1) is 8.01. The van der Waals surface area contributed by atoms with E-state index in [1.807, 2.05) is 0 Å². The molecule has 1 heterocycles. The van der Waals surface area contributed by atoms with Crippen molar-refractivity contribution in [2.45, 2.75) is 24.4 Å². The molecule has 0 aromatic carbocycles. The molecule has 4 atom stereocenters. The summed E-state index contributed by atoms with van der Waals surface area (Å²) >= 11 is 0. The van der Waals surface area contributed by atoms with Gasteiger partial charge in [0.05, 0.1) is 18.5 Å². The van der Waals surface area contributed by atoms with Gasteiger partial charge in [-0.3, -0.25) is 0 Å².